The maximum absolute atomic E-state index is 6.14. The van der Waals surface area contributed by atoms with Crippen molar-refractivity contribution in [1.29, 1.82) is 0 Å². The molecule has 0 N–H and O–H groups in total. The Bertz CT molecular complexity index is 594. The SMILES string of the molecule is COCCOCC12C3C(=C(C)C)C4C(COCCOC)(C31)C42COCCOC. The molecule has 0 aromatic carbocycles. The number of ether oxygens (including phenoxy) is 6. The topological polar surface area (TPSA) is 55.4 Å². The largest absolute Gasteiger partial charge is 0.382 e. The molecule has 5 rings (SSSR count). The summed E-state index contributed by atoms with van der Waals surface area (Å²) in [6.45, 7) is 10.8. The van der Waals surface area contributed by atoms with Crippen LogP contribution in [0.25, 0.3) is 0 Å². The summed E-state index contributed by atoms with van der Waals surface area (Å²) < 4.78 is 33.8. The molecule has 5 aliphatic rings. The van der Waals surface area contributed by atoms with Crippen molar-refractivity contribution in [3.05, 3.63) is 11.1 Å². The van der Waals surface area contributed by atoms with E-state index < -0.39 is 0 Å². The van der Waals surface area contributed by atoms with E-state index in [-0.39, 0.29) is 16.2 Å². The van der Waals surface area contributed by atoms with Crippen molar-refractivity contribution in [1.82, 2.24) is 0 Å². The lowest BCUT2D eigenvalue weighted by Gasteiger charge is -2.43. The molecule has 0 heterocycles. The second-order valence-electron chi connectivity index (χ2n) is 9.03. The van der Waals surface area contributed by atoms with Crippen LogP contribution < -0.4 is 0 Å². The maximum atomic E-state index is 6.14. The van der Waals surface area contributed by atoms with Gasteiger partial charge in [0.25, 0.3) is 0 Å². The highest BCUT2D eigenvalue weighted by molar-refractivity contribution is 5.67. The molecule has 0 saturated heterocycles. The Morgan fingerprint density at radius 3 is 1.71 bits per heavy atom. The molecule has 160 valence electrons. The smallest absolute Gasteiger partial charge is 0.0700 e. The Hall–Kier alpha value is -0.500. The second kappa shape index (κ2) is 7.64. The zero-order chi connectivity index (χ0) is 20.0. The van der Waals surface area contributed by atoms with Gasteiger partial charge in [0.1, 0.15) is 0 Å². The van der Waals surface area contributed by atoms with E-state index in [1.54, 1.807) is 26.9 Å². The van der Waals surface area contributed by atoms with Gasteiger partial charge in [0.05, 0.1) is 59.5 Å². The van der Waals surface area contributed by atoms with Gasteiger partial charge in [-0.25, -0.2) is 0 Å². The van der Waals surface area contributed by atoms with Crippen molar-refractivity contribution in [3.63, 3.8) is 0 Å². The Morgan fingerprint density at radius 1 is 0.714 bits per heavy atom. The zero-order valence-electron chi connectivity index (χ0n) is 18.0. The van der Waals surface area contributed by atoms with Crippen LogP contribution in [0.3, 0.4) is 0 Å². The summed E-state index contributed by atoms with van der Waals surface area (Å²) in [6, 6.07) is 0. The molecule has 6 nitrogen and oxygen atoms in total. The third kappa shape index (κ3) is 2.36. The lowest BCUT2D eigenvalue weighted by atomic mass is 9.65. The van der Waals surface area contributed by atoms with Gasteiger partial charge >= 0.3 is 0 Å². The molecule has 0 spiro atoms. The molecule has 0 radical (unpaired) electrons. The van der Waals surface area contributed by atoms with Crippen LogP contribution in [-0.4, -0.2) is 80.8 Å². The van der Waals surface area contributed by atoms with Crippen LogP contribution in [0.1, 0.15) is 13.8 Å². The van der Waals surface area contributed by atoms with E-state index in [1.165, 1.54) is 5.57 Å². The molecule has 5 saturated carbocycles. The van der Waals surface area contributed by atoms with Gasteiger partial charge in [0.15, 0.2) is 0 Å². The molecule has 28 heavy (non-hydrogen) atoms. The average Bonchev–Trinajstić information content (AvgIpc) is 3.35. The normalized spacial score (nSPS) is 41.0. The number of hydrogen-bond donors (Lipinski definition) is 0. The molecule has 0 amide bonds. The van der Waals surface area contributed by atoms with Crippen molar-refractivity contribution in [2.24, 2.45) is 34.0 Å². The summed E-state index contributed by atoms with van der Waals surface area (Å²) >= 11 is 0. The van der Waals surface area contributed by atoms with Crippen molar-refractivity contribution in [2.75, 3.05) is 80.8 Å². The first kappa shape index (κ1) is 20.8. The van der Waals surface area contributed by atoms with Gasteiger partial charge in [0.2, 0.25) is 0 Å². The third-order valence-corrected chi connectivity index (χ3v) is 8.01. The average molecular weight is 397 g/mol. The van der Waals surface area contributed by atoms with Crippen molar-refractivity contribution >= 4 is 0 Å². The fourth-order valence-electron chi connectivity index (χ4n) is 7.34. The highest BCUT2D eigenvalue weighted by Gasteiger charge is 3.12. The summed E-state index contributed by atoms with van der Waals surface area (Å²) in [5.74, 6) is 1.93. The van der Waals surface area contributed by atoms with E-state index in [0.29, 0.717) is 57.4 Å². The summed E-state index contributed by atoms with van der Waals surface area (Å²) in [4.78, 5) is 0. The van der Waals surface area contributed by atoms with E-state index >= 15 is 0 Å². The Kier molecular flexibility index (Phi) is 5.66. The minimum atomic E-state index is 0.176. The Balaban J connectivity index is 1.51. The van der Waals surface area contributed by atoms with Gasteiger partial charge < -0.3 is 28.4 Å². The van der Waals surface area contributed by atoms with Crippen LogP contribution in [0.2, 0.25) is 0 Å². The predicted molar refractivity (Wildman–Crippen MR) is 104 cm³/mol. The zero-order valence-corrected chi connectivity index (χ0v) is 18.0. The molecule has 5 aliphatic carbocycles. The van der Waals surface area contributed by atoms with Crippen LogP contribution in [0, 0.1) is 34.0 Å². The van der Waals surface area contributed by atoms with E-state index in [1.807, 2.05) is 0 Å². The van der Waals surface area contributed by atoms with E-state index in [2.05, 4.69) is 13.8 Å². The molecule has 5 fully saturated rings. The van der Waals surface area contributed by atoms with Crippen LogP contribution >= 0.6 is 0 Å². The molecular weight excluding hydrogens is 360 g/mol. The molecule has 6 unspecified atom stereocenters. The quantitative estimate of drug-likeness (QED) is 0.312. The minimum Gasteiger partial charge on any atom is -0.382 e. The van der Waals surface area contributed by atoms with E-state index in [4.69, 9.17) is 28.4 Å². The van der Waals surface area contributed by atoms with Crippen LogP contribution in [0.4, 0.5) is 0 Å². The first-order valence-corrected chi connectivity index (χ1v) is 10.5. The van der Waals surface area contributed by atoms with E-state index in [0.717, 1.165) is 19.8 Å². The van der Waals surface area contributed by atoms with Crippen LogP contribution in [0.5, 0.6) is 0 Å². The highest BCUT2D eigenvalue weighted by atomic mass is 16.5. The molecule has 6 heteroatoms. The summed E-state index contributed by atoms with van der Waals surface area (Å²) in [6.07, 6.45) is 0. The molecule has 0 aliphatic heterocycles. The fraction of sp³-hybridized carbons (Fsp3) is 0.909. The van der Waals surface area contributed by atoms with Gasteiger partial charge in [-0.3, -0.25) is 0 Å². The van der Waals surface area contributed by atoms with Gasteiger partial charge in [-0.15, -0.1) is 0 Å². The number of allylic oxidation sites excluding steroid dienone is 2. The molecule has 2 bridgehead atoms. The van der Waals surface area contributed by atoms with Crippen molar-refractivity contribution in [2.45, 2.75) is 13.8 Å². The van der Waals surface area contributed by atoms with Crippen LogP contribution in [0.15, 0.2) is 11.1 Å². The van der Waals surface area contributed by atoms with Gasteiger partial charge in [-0.1, -0.05) is 11.1 Å². The maximum Gasteiger partial charge on any atom is 0.0700 e. The number of hydrogen-bond acceptors (Lipinski definition) is 6. The highest BCUT2D eigenvalue weighted by Crippen LogP contribution is 3.11. The lowest BCUT2D eigenvalue weighted by Crippen LogP contribution is -2.47. The monoisotopic (exact) mass is 396 g/mol. The summed E-state index contributed by atoms with van der Waals surface area (Å²) in [7, 11) is 5.16. The van der Waals surface area contributed by atoms with Crippen molar-refractivity contribution < 1.29 is 28.4 Å². The van der Waals surface area contributed by atoms with Gasteiger partial charge in [-0.05, 0) is 31.6 Å². The van der Waals surface area contributed by atoms with Gasteiger partial charge in [-0.2, -0.15) is 0 Å². The van der Waals surface area contributed by atoms with Crippen LogP contribution in [-0.2, 0) is 28.4 Å². The molecular formula is C22H36O6. The standard InChI is InChI=1S/C22H36O6/c1-15(2)16-17-19-20(17,12-26-9-6-23-3)22(14-28-11-8-25-5)18(16)21(19,22)13-27-10-7-24-4/h17-19H,6-14H2,1-5H3. The fourth-order valence-corrected chi connectivity index (χ4v) is 7.34. The lowest BCUT2D eigenvalue weighted by molar-refractivity contribution is -0.101. The molecule has 0 aromatic rings. The summed E-state index contributed by atoms with van der Waals surface area (Å²) in [5.41, 5.74) is 3.82. The summed E-state index contributed by atoms with van der Waals surface area (Å²) in [5, 5.41) is 0. The molecule has 6 atom stereocenters. The Labute approximate surface area is 168 Å². The first-order chi connectivity index (χ1) is 13.6. The number of methoxy groups -OCH3 is 3. The Morgan fingerprint density at radius 2 is 1.21 bits per heavy atom. The minimum absolute atomic E-state index is 0.176. The van der Waals surface area contributed by atoms with Gasteiger partial charge in [0, 0.05) is 37.6 Å². The number of rotatable bonds is 15. The predicted octanol–water partition coefficient (Wildman–Crippen LogP) is 2.17. The second-order valence-corrected chi connectivity index (χ2v) is 9.03. The van der Waals surface area contributed by atoms with Crippen molar-refractivity contribution in [3.8, 4) is 0 Å². The third-order valence-electron chi connectivity index (χ3n) is 8.01. The molecule has 0 aromatic heterocycles. The first-order valence-electron chi connectivity index (χ1n) is 10.5. The van der Waals surface area contributed by atoms with E-state index in [9.17, 15) is 0 Å².